The van der Waals surface area contributed by atoms with Crippen molar-refractivity contribution in [2.24, 2.45) is 0 Å². The standard InChI is InChI=1S/C8H18O.C5H12O.2C5H12.C3H8/c1-4-6-7-9-8(3)5-2;1-3-5(6)4-2;2*1-3-5-4-2;1-3-2/h8H,4-7H2,1-3H3;5-6H,3-4H2,1-2H3;2*3-5H2,1-2H3;3H2,1-2H3. The second kappa shape index (κ2) is 45.6. The zero-order chi connectivity index (χ0) is 23.1. The van der Waals surface area contributed by atoms with Gasteiger partial charge in [-0.3, -0.25) is 0 Å². The van der Waals surface area contributed by atoms with Gasteiger partial charge in [-0.05, 0) is 32.6 Å². The fraction of sp³-hybridized carbons (Fsp3) is 1.00. The van der Waals surface area contributed by atoms with Crippen LogP contribution in [0.3, 0.4) is 0 Å². The van der Waals surface area contributed by atoms with Gasteiger partial charge in [-0.1, -0.05) is 121 Å². The minimum atomic E-state index is -0.0648. The highest BCUT2D eigenvalue weighted by Crippen LogP contribution is 1.97. The third-order valence-electron chi connectivity index (χ3n) is 3.83. The molecule has 0 saturated carbocycles. The van der Waals surface area contributed by atoms with E-state index in [1.165, 1.54) is 57.8 Å². The van der Waals surface area contributed by atoms with Crippen LogP contribution in [0.4, 0.5) is 0 Å². The second-order valence-corrected chi connectivity index (χ2v) is 7.33. The summed E-state index contributed by atoms with van der Waals surface area (Å²) < 4.78 is 5.43. The van der Waals surface area contributed by atoms with Crippen molar-refractivity contribution < 1.29 is 9.84 Å². The molecule has 0 aliphatic heterocycles. The third kappa shape index (κ3) is 72.3. The van der Waals surface area contributed by atoms with Crippen LogP contribution in [0.15, 0.2) is 0 Å². The molecule has 0 aliphatic rings. The summed E-state index contributed by atoms with van der Waals surface area (Å²) in [5.41, 5.74) is 0. The van der Waals surface area contributed by atoms with E-state index in [4.69, 9.17) is 9.84 Å². The molecule has 0 saturated heterocycles. The molecular formula is C26H62O2. The Morgan fingerprint density at radius 2 is 0.893 bits per heavy atom. The van der Waals surface area contributed by atoms with E-state index in [1.807, 2.05) is 13.8 Å². The van der Waals surface area contributed by atoms with Crippen molar-refractivity contribution in [1.82, 2.24) is 0 Å². The summed E-state index contributed by atoms with van der Waals surface area (Å²) in [5.74, 6) is 0. The van der Waals surface area contributed by atoms with Gasteiger partial charge in [0.15, 0.2) is 0 Å². The zero-order valence-electron chi connectivity index (χ0n) is 22.2. The van der Waals surface area contributed by atoms with E-state index in [1.54, 1.807) is 0 Å². The first-order chi connectivity index (χ1) is 13.4. The van der Waals surface area contributed by atoms with Crippen LogP contribution in [0.5, 0.6) is 0 Å². The molecule has 1 N–H and O–H groups in total. The molecule has 0 aromatic carbocycles. The molecule has 28 heavy (non-hydrogen) atoms. The Kier molecular flexibility index (Phi) is 62.7. The van der Waals surface area contributed by atoms with Crippen LogP contribution in [-0.4, -0.2) is 23.9 Å². The largest absolute Gasteiger partial charge is 0.393 e. The molecule has 0 spiro atoms. The van der Waals surface area contributed by atoms with E-state index >= 15 is 0 Å². The summed E-state index contributed by atoms with van der Waals surface area (Å²) in [6, 6.07) is 0. The second-order valence-electron chi connectivity index (χ2n) is 7.33. The molecule has 0 heterocycles. The van der Waals surface area contributed by atoms with Crippen LogP contribution in [0.1, 0.15) is 153 Å². The summed E-state index contributed by atoms with van der Waals surface area (Å²) in [4.78, 5) is 0. The molecule has 0 radical (unpaired) electrons. The Hall–Kier alpha value is -0.0800. The maximum atomic E-state index is 8.67. The number of unbranched alkanes of at least 4 members (excludes halogenated alkanes) is 5. The van der Waals surface area contributed by atoms with Crippen molar-refractivity contribution in [2.75, 3.05) is 6.61 Å². The van der Waals surface area contributed by atoms with E-state index in [0.29, 0.717) is 6.10 Å². The molecule has 0 aromatic rings. The fourth-order valence-corrected chi connectivity index (χ4v) is 1.54. The van der Waals surface area contributed by atoms with Crippen LogP contribution < -0.4 is 0 Å². The molecular weight excluding hydrogens is 344 g/mol. The average molecular weight is 407 g/mol. The third-order valence-corrected chi connectivity index (χ3v) is 3.83. The molecule has 1 atom stereocenters. The lowest BCUT2D eigenvalue weighted by Crippen LogP contribution is -2.06. The maximum Gasteiger partial charge on any atom is 0.0544 e. The predicted molar refractivity (Wildman–Crippen MR) is 134 cm³/mol. The fourth-order valence-electron chi connectivity index (χ4n) is 1.54. The minimum Gasteiger partial charge on any atom is -0.393 e. The van der Waals surface area contributed by atoms with Crippen LogP contribution in [-0.2, 0) is 4.74 Å². The summed E-state index contributed by atoms with van der Waals surface area (Å²) in [7, 11) is 0. The smallest absolute Gasteiger partial charge is 0.0544 e. The van der Waals surface area contributed by atoms with E-state index in [-0.39, 0.29) is 6.10 Å². The number of hydrogen-bond donors (Lipinski definition) is 1. The number of aliphatic hydroxyl groups excluding tert-OH is 1. The minimum absolute atomic E-state index is 0.0648. The van der Waals surface area contributed by atoms with Crippen LogP contribution in [0.2, 0.25) is 0 Å². The highest BCUT2D eigenvalue weighted by atomic mass is 16.5. The van der Waals surface area contributed by atoms with Gasteiger partial charge in [0.05, 0.1) is 12.2 Å². The molecule has 0 rings (SSSR count). The van der Waals surface area contributed by atoms with Gasteiger partial charge in [0.25, 0.3) is 0 Å². The summed E-state index contributed by atoms with van der Waals surface area (Å²) in [5, 5.41) is 8.67. The van der Waals surface area contributed by atoms with Gasteiger partial charge in [-0.25, -0.2) is 0 Å². The topological polar surface area (TPSA) is 29.5 Å². The van der Waals surface area contributed by atoms with E-state index in [2.05, 4.69) is 62.3 Å². The van der Waals surface area contributed by atoms with Crippen molar-refractivity contribution in [1.29, 1.82) is 0 Å². The molecule has 2 nitrogen and oxygen atoms in total. The SMILES string of the molecule is CCC.CCC(O)CC.CCCCC.CCCCC.CCCCOC(C)CC. The van der Waals surface area contributed by atoms with Gasteiger partial charge < -0.3 is 9.84 Å². The van der Waals surface area contributed by atoms with Crippen molar-refractivity contribution in [2.45, 2.75) is 165 Å². The molecule has 0 aromatic heterocycles. The molecule has 0 aliphatic carbocycles. The highest BCUT2D eigenvalue weighted by Gasteiger charge is 1.95. The first kappa shape index (κ1) is 38.5. The lowest BCUT2D eigenvalue weighted by molar-refractivity contribution is 0.0617. The lowest BCUT2D eigenvalue weighted by Gasteiger charge is -2.08. The zero-order valence-corrected chi connectivity index (χ0v) is 22.2. The Balaban J connectivity index is -0.0000000825. The Labute approximate surface area is 182 Å². The average Bonchev–Trinajstić information content (AvgIpc) is 2.70. The van der Waals surface area contributed by atoms with Gasteiger partial charge in [0.2, 0.25) is 0 Å². The van der Waals surface area contributed by atoms with Gasteiger partial charge in [0, 0.05) is 6.61 Å². The molecule has 0 bridgehead atoms. The monoisotopic (exact) mass is 406 g/mol. The van der Waals surface area contributed by atoms with Crippen LogP contribution >= 0.6 is 0 Å². The van der Waals surface area contributed by atoms with E-state index in [0.717, 1.165) is 25.9 Å². The number of ether oxygens (including phenoxy) is 1. The predicted octanol–water partition coefficient (Wildman–Crippen LogP) is 9.58. The lowest BCUT2D eigenvalue weighted by atomic mass is 10.2. The first-order valence-electron chi connectivity index (χ1n) is 12.7. The molecule has 2 heteroatoms. The molecule has 1 unspecified atom stereocenters. The van der Waals surface area contributed by atoms with Gasteiger partial charge in [-0.15, -0.1) is 0 Å². The highest BCUT2D eigenvalue weighted by molar-refractivity contribution is 4.44. The van der Waals surface area contributed by atoms with Gasteiger partial charge in [-0.2, -0.15) is 0 Å². The summed E-state index contributed by atoms with van der Waals surface area (Å²) >= 11 is 0. The Morgan fingerprint density at radius 3 is 1.04 bits per heavy atom. The van der Waals surface area contributed by atoms with Gasteiger partial charge >= 0.3 is 0 Å². The Bertz CT molecular complexity index is 169. The van der Waals surface area contributed by atoms with E-state index in [9.17, 15) is 0 Å². The normalized spacial score (nSPS) is 10.2. The molecule has 0 fully saturated rings. The van der Waals surface area contributed by atoms with Crippen molar-refractivity contribution in [3.63, 3.8) is 0 Å². The molecule has 178 valence electrons. The summed E-state index contributed by atoms with van der Waals surface area (Å²) in [6.45, 7) is 24.4. The van der Waals surface area contributed by atoms with Crippen molar-refractivity contribution in [3.05, 3.63) is 0 Å². The van der Waals surface area contributed by atoms with E-state index < -0.39 is 0 Å². The molecule has 0 amide bonds. The number of rotatable bonds is 11. The Morgan fingerprint density at radius 1 is 0.571 bits per heavy atom. The first-order valence-corrected chi connectivity index (χ1v) is 12.7. The number of hydrogen-bond acceptors (Lipinski definition) is 2. The van der Waals surface area contributed by atoms with Crippen LogP contribution in [0.25, 0.3) is 0 Å². The van der Waals surface area contributed by atoms with Gasteiger partial charge in [0.1, 0.15) is 0 Å². The summed E-state index contributed by atoms with van der Waals surface area (Å²) in [6.07, 6.45) is 15.1. The quantitative estimate of drug-likeness (QED) is 0.346. The number of aliphatic hydroxyl groups is 1. The van der Waals surface area contributed by atoms with Crippen molar-refractivity contribution >= 4 is 0 Å². The van der Waals surface area contributed by atoms with Crippen LogP contribution in [0, 0.1) is 0 Å². The van der Waals surface area contributed by atoms with Crippen molar-refractivity contribution in [3.8, 4) is 0 Å². The maximum absolute atomic E-state index is 8.67.